The van der Waals surface area contributed by atoms with E-state index in [1.807, 2.05) is 5.56 Å². The summed E-state index contributed by atoms with van der Waals surface area (Å²) in [5.74, 6) is 3.64. The predicted octanol–water partition coefficient (Wildman–Crippen LogP) is 12.6. The summed E-state index contributed by atoms with van der Waals surface area (Å²) >= 11 is 0. The summed E-state index contributed by atoms with van der Waals surface area (Å²) < 4.78 is 1.34. The molecule has 5 heteroatoms. The zero-order valence-electron chi connectivity index (χ0n) is 32.1. The van der Waals surface area contributed by atoms with E-state index in [-0.39, 0.29) is 9.47 Å². The maximum absolute atomic E-state index is 5.96. The Hall–Kier alpha value is -2.92. The molecule has 2 nitrogen and oxygen atoms in total. The number of fused-ring (bicyclic) bond motifs is 13. The number of rotatable bonds is 7. The molecule has 10 saturated heterocycles. The van der Waals surface area contributed by atoms with Gasteiger partial charge in [-0.05, 0) is 0 Å². The monoisotopic (exact) mass is 818 g/mol. The van der Waals surface area contributed by atoms with E-state index in [0.29, 0.717) is 18.4 Å². The second kappa shape index (κ2) is 5.48. The first-order chi connectivity index (χ1) is 27.8. The van der Waals surface area contributed by atoms with Gasteiger partial charge in [-0.2, -0.15) is 0 Å². The third-order valence-corrected chi connectivity index (χ3v) is 73.7. The topological polar surface area (TPSA) is 25.8 Å². The van der Waals surface area contributed by atoms with Crippen LogP contribution in [0.1, 0.15) is 54.6 Å². The van der Waals surface area contributed by atoms with Crippen LogP contribution in [0.5, 0.6) is 0 Å². The predicted molar refractivity (Wildman–Crippen MR) is 232 cm³/mol. The molecule has 14 aliphatic rings. The van der Waals surface area contributed by atoms with E-state index in [1.165, 1.54) is 60.4 Å². The molecule has 6 aromatic rings. The van der Waals surface area contributed by atoms with Crippen LogP contribution in [0.15, 0.2) is 133 Å². The molecule has 20 rings (SSSR count). The molecule has 12 heterocycles. The van der Waals surface area contributed by atoms with Gasteiger partial charge in [0, 0.05) is 0 Å². The summed E-state index contributed by atoms with van der Waals surface area (Å²) in [5, 5.41) is 2.16. The van der Waals surface area contributed by atoms with Gasteiger partial charge >= 0.3 is 331 Å². The Morgan fingerprint density at radius 1 is 0.561 bits per heavy atom. The van der Waals surface area contributed by atoms with Crippen molar-refractivity contribution in [2.24, 2.45) is 29.1 Å². The van der Waals surface area contributed by atoms with Gasteiger partial charge in [0.15, 0.2) is 0 Å². The van der Waals surface area contributed by atoms with Crippen molar-refractivity contribution in [2.75, 3.05) is 6.16 Å². The average Bonchev–Trinajstić information content (AvgIpc) is 4.22. The molecule has 7 unspecified atom stereocenters. The van der Waals surface area contributed by atoms with Crippen LogP contribution < -0.4 is 0 Å². The summed E-state index contributed by atoms with van der Waals surface area (Å²) in [7, 11) is 7.49. The zero-order chi connectivity index (χ0) is 36.9. The number of hydrogen-bond donors (Lipinski definition) is 0. The second-order valence-corrected chi connectivity index (χ2v) is 47.6. The first-order valence-electron chi connectivity index (χ1n) is 22.3. The Kier molecular flexibility index (Phi) is 2.82. The number of hydrogen-bond acceptors (Lipinski definition) is 2. The fourth-order valence-corrected chi connectivity index (χ4v) is 118. The average molecular weight is 819 g/mol. The van der Waals surface area contributed by atoms with Crippen molar-refractivity contribution in [3.63, 3.8) is 0 Å². The number of nitrogens with zero attached hydrogens (tertiary/aromatic N) is 2. The Labute approximate surface area is 329 Å². The fourth-order valence-electron chi connectivity index (χ4n) is 30.9. The van der Waals surface area contributed by atoms with Gasteiger partial charge in [0.1, 0.15) is 0 Å². The van der Waals surface area contributed by atoms with E-state index in [0.717, 1.165) is 63.6 Å². The van der Waals surface area contributed by atoms with Crippen molar-refractivity contribution in [1.29, 1.82) is 0 Å². The van der Waals surface area contributed by atoms with Crippen molar-refractivity contribution >= 4 is 40.3 Å². The molecule has 1 spiro atoms. The molecule has 2 aromatic heterocycles. The number of aromatic nitrogens is 2. The standard InChI is InChI=1S/C47H43N2P2.C5H5.Fe/c50-29-46(36-24-30-23-31(26-36)27-37(46)25-30)45-39(28-38(32-11-3-1-4-12-32)44(45)35-15-5-2-6-16-35)47(51,42-21-19-33-13-7-9-17-40(33)48-42)43-22-20-34-14-8-10-18-41(34)49-43;1-2-4-5-3-1;/h1-22,28,30-31,36-37H,23-27,29,50-51H2;1-5H;. The van der Waals surface area contributed by atoms with Crippen LogP contribution in [-0.4, -0.2) is 16.1 Å². The van der Waals surface area contributed by atoms with Gasteiger partial charge in [-0.25, -0.2) is 0 Å². The van der Waals surface area contributed by atoms with Crippen molar-refractivity contribution in [3.8, 4) is 0 Å². The number of pyridine rings is 2. The van der Waals surface area contributed by atoms with Crippen LogP contribution in [0.4, 0.5) is 0 Å². The second-order valence-electron chi connectivity index (χ2n) is 23.8. The van der Waals surface area contributed by atoms with Gasteiger partial charge in [-0.3, -0.25) is 0 Å². The van der Waals surface area contributed by atoms with Crippen LogP contribution in [0.25, 0.3) is 21.8 Å². The summed E-state index contributed by atoms with van der Waals surface area (Å²) in [6.45, 7) is -5.16. The number of benzene rings is 4. The molecule has 7 atom stereocenters. The molecule has 0 amide bonds. The zero-order valence-corrected chi connectivity index (χ0v) is 35.5. The van der Waals surface area contributed by atoms with Gasteiger partial charge in [0.2, 0.25) is 0 Å². The van der Waals surface area contributed by atoms with E-state index in [9.17, 15) is 0 Å². The van der Waals surface area contributed by atoms with E-state index in [1.54, 1.807) is 5.56 Å². The Morgan fingerprint density at radius 3 is 1.53 bits per heavy atom. The van der Waals surface area contributed by atoms with Crippen molar-refractivity contribution in [1.82, 2.24) is 9.97 Å². The molecule has 4 aromatic carbocycles. The molecule has 57 heavy (non-hydrogen) atoms. The quantitative estimate of drug-likeness (QED) is 0.118. The minimum absolute atomic E-state index is 0.247. The molecule has 0 radical (unpaired) electrons. The molecule has 4 aliphatic carbocycles. The van der Waals surface area contributed by atoms with Crippen LogP contribution in [0, 0.1) is 29.1 Å². The molecule has 4 saturated carbocycles. The molecule has 10 aliphatic heterocycles. The van der Waals surface area contributed by atoms with Gasteiger partial charge in [-0.1, -0.05) is 0 Å². The van der Waals surface area contributed by atoms with Crippen LogP contribution in [0.2, 0.25) is 37.5 Å². The van der Waals surface area contributed by atoms with Gasteiger partial charge in [0.05, 0.1) is 0 Å². The normalized spacial score (nSPS) is 59.0. The Morgan fingerprint density at radius 2 is 1.04 bits per heavy atom. The summed E-state index contributed by atoms with van der Waals surface area (Å²) in [4.78, 5) is 17.9. The van der Waals surface area contributed by atoms with Crippen LogP contribution in [0.3, 0.4) is 0 Å². The third kappa shape index (κ3) is 0.934. The summed E-state index contributed by atoms with van der Waals surface area (Å²) in [6.07, 6.45) is 8.83. The summed E-state index contributed by atoms with van der Waals surface area (Å²) in [6, 6.07) is 53.1. The maximum atomic E-state index is 5.96. The molecular weight excluding hydrogens is 770 g/mol. The van der Waals surface area contributed by atoms with E-state index in [2.05, 4.69) is 152 Å². The third-order valence-electron chi connectivity index (χ3n) is 27.7. The van der Waals surface area contributed by atoms with E-state index < -0.39 is 6.51 Å². The van der Waals surface area contributed by atoms with Crippen molar-refractivity contribution in [3.05, 3.63) is 156 Å². The SMILES string of the molecule is PCC1([C]23[C]4(c5ccccc5)[C]5(c6ccccc6)[CH]6[C]2(C(P)(c2ccc7ccccc7n2)c2ccc7ccccc7n2)[Fe]65432789[CH]3[CH]2[CH]7[CH]8[CH]39)C2CC3CC(C2)CC1C3. The first-order valence-corrected chi connectivity index (χ1v) is 29.8. The van der Waals surface area contributed by atoms with Gasteiger partial charge in [0.25, 0.3) is 0 Å². The molecule has 284 valence electrons. The van der Waals surface area contributed by atoms with Crippen LogP contribution >= 0.6 is 18.5 Å². The first kappa shape index (κ1) is 29.3. The number of para-hydroxylation sites is 2. The summed E-state index contributed by atoms with van der Waals surface area (Å²) in [5.41, 5.74) is 8.91. The van der Waals surface area contributed by atoms with E-state index in [4.69, 9.17) is 9.97 Å². The van der Waals surface area contributed by atoms with E-state index >= 15 is 0 Å². The Balaban J connectivity index is 1.05. The van der Waals surface area contributed by atoms with Gasteiger partial charge in [-0.15, -0.1) is 0 Å². The van der Waals surface area contributed by atoms with Crippen LogP contribution in [-0.2, 0) is 20.3 Å². The Bertz CT molecular complexity index is 3300. The molecule has 14 fully saturated rings. The fraction of sp³-hybridized carbons (Fsp3) is 0.423. The van der Waals surface area contributed by atoms with Gasteiger partial charge < -0.3 is 0 Å². The molecule has 0 N–H and O–H groups in total. The van der Waals surface area contributed by atoms with Crippen molar-refractivity contribution < 1.29 is 6.51 Å². The van der Waals surface area contributed by atoms with Crippen molar-refractivity contribution in [2.45, 2.75) is 83.4 Å². The minimum atomic E-state index is -5.16. The molecule has 4 bridgehead atoms. The molecular formula is C52H48FeN2P2.